The van der Waals surface area contributed by atoms with Crippen molar-refractivity contribution in [3.8, 4) is 5.75 Å². The summed E-state index contributed by atoms with van der Waals surface area (Å²) in [5, 5.41) is 5.41. The molecule has 8 heteroatoms. The molecular formula is C20H17N3O5. The zero-order valence-corrected chi connectivity index (χ0v) is 15.0. The maximum atomic E-state index is 12.3. The number of nitrogens with one attached hydrogen (secondary N) is 2. The number of fused-ring (bicyclic) bond motifs is 2. The first kappa shape index (κ1) is 17.7. The number of nitrogens with zero attached hydrogens (tertiary/aromatic N) is 1. The average Bonchev–Trinajstić information content (AvgIpc) is 2.92. The van der Waals surface area contributed by atoms with E-state index in [9.17, 15) is 19.2 Å². The van der Waals surface area contributed by atoms with E-state index in [1.54, 1.807) is 49.4 Å². The predicted octanol–water partition coefficient (Wildman–Crippen LogP) is 2.03. The standard InChI is InChI=1S/C20H17N3O5/c1-11-18(25)22-15-10-12(6-7-16(15)28-11)21-17(24)8-9-23-19(26)13-4-2-3-5-14(13)20(23)27/h2-7,10-11H,8-9H2,1H3,(H,21,24)(H,22,25). The monoisotopic (exact) mass is 379 g/mol. The molecule has 2 aliphatic rings. The molecule has 0 radical (unpaired) electrons. The van der Waals surface area contributed by atoms with Crippen LogP contribution in [0.2, 0.25) is 0 Å². The molecular weight excluding hydrogens is 362 g/mol. The Morgan fingerprint density at radius 3 is 2.46 bits per heavy atom. The van der Waals surface area contributed by atoms with Gasteiger partial charge < -0.3 is 15.4 Å². The van der Waals surface area contributed by atoms with Crippen LogP contribution >= 0.6 is 0 Å². The fourth-order valence-electron chi connectivity index (χ4n) is 3.17. The maximum absolute atomic E-state index is 12.3. The van der Waals surface area contributed by atoms with E-state index in [-0.39, 0.29) is 24.8 Å². The molecule has 0 saturated carbocycles. The molecule has 0 saturated heterocycles. The lowest BCUT2D eigenvalue weighted by atomic mass is 10.1. The third-order valence-corrected chi connectivity index (χ3v) is 4.63. The number of ether oxygens (including phenoxy) is 1. The molecule has 1 unspecified atom stereocenters. The van der Waals surface area contributed by atoms with Gasteiger partial charge in [0.1, 0.15) is 5.75 Å². The summed E-state index contributed by atoms with van der Waals surface area (Å²) in [5.41, 5.74) is 1.66. The van der Waals surface area contributed by atoms with Gasteiger partial charge >= 0.3 is 0 Å². The van der Waals surface area contributed by atoms with E-state index in [0.717, 1.165) is 4.90 Å². The molecule has 28 heavy (non-hydrogen) atoms. The Morgan fingerprint density at radius 1 is 1.11 bits per heavy atom. The Morgan fingerprint density at radius 2 is 1.79 bits per heavy atom. The molecule has 4 rings (SSSR count). The minimum Gasteiger partial charge on any atom is -0.479 e. The van der Waals surface area contributed by atoms with E-state index in [4.69, 9.17) is 4.74 Å². The lowest BCUT2D eigenvalue weighted by Gasteiger charge is -2.23. The molecule has 2 aromatic rings. The summed E-state index contributed by atoms with van der Waals surface area (Å²) < 4.78 is 5.47. The van der Waals surface area contributed by atoms with Gasteiger partial charge in [0, 0.05) is 18.7 Å². The number of hydrogen-bond acceptors (Lipinski definition) is 5. The number of amides is 4. The Labute approximate surface area is 160 Å². The van der Waals surface area contributed by atoms with Crippen molar-refractivity contribution in [2.45, 2.75) is 19.4 Å². The quantitative estimate of drug-likeness (QED) is 0.791. The highest BCUT2D eigenvalue weighted by Crippen LogP contribution is 2.32. The molecule has 142 valence electrons. The van der Waals surface area contributed by atoms with Crippen molar-refractivity contribution in [2.24, 2.45) is 0 Å². The molecule has 2 N–H and O–H groups in total. The van der Waals surface area contributed by atoms with Gasteiger partial charge in [0.2, 0.25) is 5.91 Å². The third-order valence-electron chi connectivity index (χ3n) is 4.63. The van der Waals surface area contributed by atoms with Crippen molar-refractivity contribution in [3.63, 3.8) is 0 Å². The van der Waals surface area contributed by atoms with Crippen LogP contribution in [0.3, 0.4) is 0 Å². The fraction of sp³-hybridized carbons (Fsp3) is 0.200. The van der Waals surface area contributed by atoms with Crippen molar-refractivity contribution in [3.05, 3.63) is 53.6 Å². The van der Waals surface area contributed by atoms with Crippen molar-refractivity contribution in [1.82, 2.24) is 4.90 Å². The highest BCUT2D eigenvalue weighted by atomic mass is 16.5. The van der Waals surface area contributed by atoms with Gasteiger partial charge in [0.15, 0.2) is 6.10 Å². The summed E-state index contributed by atoms with van der Waals surface area (Å²) in [7, 11) is 0. The maximum Gasteiger partial charge on any atom is 0.265 e. The van der Waals surface area contributed by atoms with E-state index in [1.165, 1.54) is 0 Å². The first-order valence-electron chi connectivity index (χ1n) is 8.80. The number of rotatable bonds is 4. The van der Waals surface area contributed by atoms with Crippen LogP contribution in [0.5, 0.6) is 5.75 Å². The highest BCUT2D eigenvalue weighted by Gasteiger charge is 2.35. The van der Waals surface area contributed by atoms with Crippen LogP contribution in [-0.4, -0.2) is 41.2 Å². The molecule has 0 aromatic heterocycles. The third kappa shape index (κ3) is 3.09. The predicted molar refractivity (Wildman–Crippen MR) is 100 cm³/mol. The van der Waals surface area contributed by atoms with Gasteiger partial charge in [-0.25, -0.2) is 0 Å². The number of anilines is 2. The van der Waals surface area contributed by atoms with Crippen LogP contribution in [0.25, 0.3) is 0 Å². The molecule has 0 aliphatic carbocycles. The zero-order chi connectivity index (χ0) is 19.8. The number of hydrogen-bond donors (Lipinski definition) is 2. The Balaban J connectivity index is 1.38. The van der Waals surface area contributed by atoms with Crippen LogP contribution < -0.4 is 15.4 Å². The van der Waals surface area contributed by atoms with Gasteiger partial charge in [-0.1, -0.05) is 12.1 Å². The highest BCUT2D eigenvalue weighted by molar-refractivity contribution is 6.21. The summed E-state index contributed by atoms with van der Waals surface area (Å²) >= 11 is 0. The van der Waals surface area contributed by atoms with Gasteiger partial charge in [-0.15, -0.1) is 0 Å². The van der Waals surface area contributed by atoms with Crippen LogP contribution in [0, 0.1) is 0 Å². The zero-order valence-electron chi connectivity index (χ0n) is 15.0. The van der Waals surface area contributed by atoms with Gasteiger partial charge in [-0.3, -0.25) is 24.1 Å². The van der Waals surface area contributed by atoms with Crippen molar-refractivity contribution in [2.75, 3.05) is 17.2 Å². The number of carbonyl (C=O) groups excluding carboxylic acids is 4. The molecule has 1 atom stereocenters. The second-order valence-corrected chi connectivity index (χ2v) is 6.57. The molecule has 0 spiro atoms. The van der Waals surface area contributed by atoms with Crippen molar-refractivity contribution in [1.29, 1.82) is 0 Å². The van der Waals surface area contributed by atoms with Gasteiger partial charge in [0.05, 0.1) is 16.8 Å². The molecule has 4 amide bonds. The summed E-state index contributed by atoms with van der Waals surface area (Å²) in [6, 6.07) is 11.5. The van der Waals surface area contributed by atoms with Gasteiger partial charge in [0.25, 0.3) is 17.7 Å². The average molecular weight is 379 g/mol. The first-order valence-corrected chi connectivity index (χ1v) is 8.80. The minimum atomic E-state index is -0.576. The van der Waals surface area contributed by atoms with Crippen LogP contribution in [-0.2, 0) is 9.59 Å². The van der Waals surface area contributed by atoms with E-state index < -0.39 is 17.9 Å². The normalized spacial score (nSPS) is 17.5. The molecule has 2 aliphatic heterocycles. The number of benzene rings is 2. The van der Waals surface area contributed by atoms with Crippen molar-refractivity contribution < 1.29 is 23.9 Å². The van der Waals surface area contributed by atoms with E-state index >= 15 is 0 Å². The van der Waals surface area contributed by atoms with Gasteiger partial charge in [-0.05, 0) is 37.3 Å². The molecule has 2 aromatic carbocycles. The topological polar surface area (TPSA) is 105 Å². The summed E-state index contributed by atoms with van der Waals surface area (Å²) in [4.78, 5) is 49.7. The minimum absolute atomic E-state index is 0.0134. The summed E-state index contributed by atoms with van der Waals surface area (Å²) in [6.07, 6.45) is -0.616. The SMILES string of the molecule is CC1Oc2ccc(NC(=O)CCN3C(=O)c4ccccc4C3=O)cc2NC1=O. The summed E-state index contributed by atoms with van der Waals surface area (Å²) in [5.74, 6) is -0.877. The Hall–Kier alpha value is -3.68. The smallest absolute Gasteiger partial charge is 0.265 e. The van der Waals surface area contributed by atoms with Crippen LogP contribution in [0.1, 0.15) is 34.1 Å². The number of imide groups is 1. The molecule has 2 heterocycles. The van der Waals surface area contributed by atoms with Gasteiger partial charge in [-0.2, -0.15) is 0 Å². The first-order chi connectivity index (χ1) is 13.4. The lowest BCUT2D eigenvalue weighted by molar-refractivity contribution is -0.122. The molecule has 0 fully saturated rings. The van der Waals surface area contributed by atoms with Crippen LogP contribution in [0.4, 0.5) is 11.4 Å². The number of carbonyl (C=O) groups is 4. The molecule has 8 nitrogen and oxygen atoms in total. The fourth-order valence-corrected chi connectivity index (χ4v) is 3.17. The molecule has 0 bridgehead atoms. The van der Waals surface area contributed by atoms with E-state index in [1.807, 2.05) is 0 Å². The second kappa shape index (κ2) is 6.80. The largest absolute Gasteiger partial charge is 0.479 e. The lowest BCUT2D eigenvalue weighted by Crippen LogP contribution is -2.34. The Bertz CT molecular complexity index is 982. The van der Waals surface area contributed by atoms with Crippen molar-refractivity contribution >= 4 is 35.0 Å². The van der Waals surface area contributed by atoms with Crippen LogP contribution in [0.15, 0.2) is 42.5 Å². The Kier molecular flexibility index (Phi) is 4.31. The van der Waals surface area contributed by atoms with E-state index in [0.29, 0.717) is 28.3 Å². The summed E-state index contributed by atoms with van der Waals surface area (Å²) in [6.45, 7) is 1.63. The van der Waals surface area contributed by atoms with E-state index in [2.05, 4.69) is 10.6 Å². The second-order valence-electron chi connectivity index (χ2n) is 6.57.